The van der Waals surface area contributed by atoms with E-state index < -0.39 is 0 Å². The molecule has 0 aliphatic heterocycles. The smallest absolute Gasteiger partial charge is 0.136 e. The Labute approximate surface area is 68.2 Å². The number of hydrogen-bond donors (Lipinski definition) is 0. The summed E-state index contributed by atoms with van der Waals surface area (Å²) in [5.41, 5.74) is 0. The molecule has 0 saturated heterocycles. The van der Waals surface area contributed by atoms with E-state index in [9.17, 15) is 4.79 Å². The maximum atomic E-state index is 11.5. The van der Waals surface area contributed by atoms with Gasteiger partial charge < -0.3 is 0 Å². The molecular weight excluding hydrogens is 136 g/mol. The van der Waals surface area contributed by atoms with E-state index in [2.05, 4.69) is 6.92 Å². The number of carbonyl (C=O) groups is 1. The molecule has 2 aliphatic rings. The van der Waals surface area contributed by atoms with Crippen LogP contribution in [0.25, 0.3) is 0 Å². The molecule has 0 spiro atoms. The van der Waals surface area contributed by atoms with E-state index in [-0.39, 0.29) is 0 Å². The van der Waals surface area contributed by atoms with Gasteiger partial charge in [0, 0.05) is 12.3 Å². The Kier molecular flexibility index (Phi) is 1.74. The molecule has 0 aromatic rings. The van der Waals surface area contributed by atoms with E-state index in [1.165, 1.54) is 19.3 Å². The summed E-state index contributed by atoms with van der Waals surface area (Å²) in [5.74, 6) is 2.48. The number of rotatable bonds is 0. The summed E-state index contributed by atoms with van der Waals surface area (Å²) >= 11 is 0. The normalized spacial score (nSPS) is 44.1. The van der Waals surface area contributed by atoms with Crippen LogP contribution in [0.15, 0.2) is 0 Å². The monoisotopic (exact) mass is 152 g/mol. The molecule has 11 heavy (non-hydrogen) atoms. The van der Waals surface area contributed by atoms with E-state index in [0.29, 0.717) is 17.6 Å². The van der Waals surface area contributed by atoms with Crippen molar-refractivity contribution in [2.75, 3.05) is 0 Å². The van der Waals surface area contributed by atoms with Crippen molar-refractivity contribution in [3.63, 3.8) is 0 Å². The van der Waals surface area contributed by atoms with Gasteiger partial charge in [-0.25, -0.2) is 0 Å². The van der Waals surface area contributed by atoms with Gasteiger partial charge in [0.2, 0.25) is 0 Å². The summed E-state index contributed by atoms with van der Waals surface area (Å²) in [6, 6.07) is 0. The maximum absolute atomic E-state index is 11.5. The summed E-state index contributed by atoms with van der Waals surface area (Å²) in [7, 11) is 0. The molecule has 0 aromatic carbocycles. The van der Waals surface area contributed by atoms with Crippen LogP contribution in [-0.4, -0.2) is 5.78 Å². The van der Waals surface area contributed by atoms with Gasteiger partial charge in [-0.05, 0) is 37.5 Å². The first-order valence-corrected chi connectivity index (χ1v) is 4.82. The zero-order chi connectivity index (χ0) is 7.84. The third-order valence-corrected chi connectivity index (χ3v) is 3.48. The van der Waals surface area contributed by atoms with Gasteiger partial charge in [0.15, 0.2) is 0 Å². The van der Waals surface area contributed by atoms with Crippen molar-refractivity contribution in [3.05, 3.63) is 0 Å². The van der Waals surface area contributed by atoms with Crippen LogP contribution in [-0.2, 0) is 4.79 Å². The highest BCUT2D eigenvalue weighted by Crippen LogP contribution is 2.43. The molecule has 3 atom stereocenters. The Morgan fingerprint density at radius 2 is 2.09 bits per heavy atom. The molecule has 0 bridgehead atoms. The van der Waals surface area contributed by atoms with Crippen LogP contribution in [0.4, 0.5) is 0 Å². The topological polar surface area (TPSA) is 17.1 Å². The van der Waals surface area contributed by atoms with E-state index >= 15 is 0 Å². The lowest BCUT2D eigenvalue weighted by atomic mass is 9.78. The SMILES string of the molecule is C[C@@H]1CC[C@@H]2CCCC(=O)[C@H]21. The maximum Gasteiger partial charge on any atom is 0.136 e. The summed E-state index contributed by atoms with van der Waals surface area (Å²) in [5, 5.41) is 0. The van der Waals surface area contributed by atoms with Crippen molar-refractivity contribution in [1.82, 2.24) is 0 Å². The Morgan fingerprint density at radius 3 is 2.82 bits per heavy atom. The van der Waals surface area contributed by atoms with Gasteiger partial charge in [0.05, 0.1) is 0 Å². The third kappa shape index (κ3) is 1.11. The van der Waals surface area contributed by atoms with Crippen LogP contribution in [0.3, 0.4) is 0 Å². The second-order valence-corrected chi connectivity index (χ2v) is 4.20. The molecule has 2 saturated carbocycles. The average molecular weight is 152 g/mol. The van der Waals surface area contributed by atoms with Crippen molar-refractivity contribution in [3.8, 4) is 0 Å². The van der Waals surface area contributed by atoms with Crippen molar-refractivity contribution in [1.29, 1.82) is 0 Å². The predicted molar refractivity (Wildman–Crippen MR) is 44.2 cm³/mol. The van der Waals surface area contributed by atoms with Gasteiger partial charge >= 0.3 is 0 Å². The number of Topliss-reactive ketones (excluding diaryl/α,β-unsaturated/α-hetero) is 1. The Hall–Kier alpha value is -0.330. The van der Waals surface area contributed by atoms with Crippen LogP contribution in [0.1, 0.15) is 39.0 Å². The molecule has 2 rings (SSSR count). The molecule has 2 aliphatic carbocycles. The zero-order valence-corrected chi connectivity index (χ0v) is 7.18. The minimum Gasteiger partial charge on any atom is -0.299 e. The number of hydrogen-bond acceptors (Lipinski definition) is 1. The van der Waals surface area contributed by atoms with E-state index in [4.69, 9.17) is 0 Å². The second kappa shape index (κ2) is 2.62. The average Bonchev–Trinajstić information content (AvgIpc) is 2.34. The van der Waals surface area contributed by atoms with Gasteiger partial charge in [-0.15, -0.1) is 0 Å². The van der Waals surface area contributed by atoms with Crippen molar-refractivity contribution >= 4 is 5.78 Å². The number of carbonyl (C=O) groups excluding carboxylic acids is 1. The van der Waals surface area contributed by atoms with Crippen molar-refractivity contribution < 1.29 is 4.79 Å². The van der Waals surface area contributed by atoms with Gasteiger partial charge in [-0.3, -0.25) is 4.79 Å². The van der Waals surface area contributed by atoms with E-state index in [0.717, 1.165) is 18.8 Å². The summed E-state index contributed by atoms with van der Waals surface area (Å²) in [4.78, 5) is 11.5. The molecule has 0 unspecified atom stereocenters. The van der Waals surface area contributed by atoms with Crippen LogP contribution in [0, 0.1) is 17.8 Å². The van der Waals surface area contributed by atoms with Gasteiger partial charge in [-0.2, -0.15) is 0 Å². The molecule has 0 amide bonds. The lowest BCUT2D eigenvalue weighted by Crippen LogP contribution is -2.27. The molecule has 0 N–H and O–H groups in total. The van der Waals surface area contributed by atoms with Crippen LogP contribution < -0.4 is 0 Å². The highest BCUT2D eigenvalue weighted by Gasteiger charge is 2.39. The zero-order valence-electron chi connectivity index (χ0n) is 7.18. The first kappa shape index (κ1) is 7.33. The lowest BCUT2D eigenvalue weighted by Gasteiger charge is -2.26. The molecular formula is C10H16O. The largest absolute Gasteiger partial charge is 0.299 e. The highest BCUT2D eigenvalue weighted by molar-refractivity contribution is 5.82. The minimum absolute atomic E-state index is 0.462. The number of fused-ring (bicyclic) bond motifs is 1. The predicted octanol–water partition coefficient (Wildman–Crippen LogP) is 2.40. The second-order valence-electron chi connectivity index (χ2n) is 4.20. The minimum atomic E-state index is 0.462. The van der Waals surface area contributed by atoms with Crippen LogP contribution in [0.2, 0.25) is 0 Å². The third-order valence-electron chi connectivity index (χ3n) is 3.48. The van der Waals surface area contributed by atoms with Gasteiger partial charge in [0.1, 0.15) is 5.78 Å². The molecule has 1 nitrogen and oxygen atoms in total. The highest BCUT2D eigenvalue weighted by atomic mass is 16.1. The summed E-state index contributed by atoms with van der Waals surface area (Å²) in [6.45, 7) is 2.24. The van der Waals surface area contributed by atoms with E-state index in [1.54, 1.807) is 0 Å². The molecule has 1 heteroatoms. The molecule has 0 heterocycles. The summed E-state index contributed by atoms with van der Waals surface area (Å²) < 4.78 is 0. The Balaban J connectivity index is 2.14. The first-order chi connectivity index (χ1) is 5.29. The molecule has 0 radical (unpaired) electrons. The molecule has 62 valence electrons. The fraction of sp³-hybridized carbons (Fsp3) is 0.900. The Morgan fingerprint density at radius 1 is 1.27 bits per heavy atom. The Bertz CT molecular complexity index is 172. The molecule has 2 fully saturated rings. The summed E-state index contributed by atoms with van der Waals surface area (Å²) in [6.07, 6.45) is 5.96. The fourth-order valence-electron chi connectivity index (χ4n) is 2.91. The van der Waals surface area contributed by atoms with Crippen LogP contribution in [0.5, 0.6) is 0 Å². The van der Waals surface area contributed by atoms with Gasteiger partial charge in [0.25, 0.3) is 0 Å². The standard InChI is InChI=1S/C10H16O/c1-7-5-6-8-3-2-4-9(11)10(7)8/h7-8,10H,2-6H2,1H3/t7-,8+,10+/m1/s1. The van der Waals surface area contributed by atoms with Gasteiger partial charge in [-0.1, -0.05) is 6.92 Å². The molecule has 0 aromatic heterocycles. The fourth-order valence-corrected chi connectivity index (χ4v) is 2.91. The first-order valence-electron chi connectivity index (χ1n) is 4.82. The lowest BCUT2D eigenvalue weighted by molar-refractivity contribution is -0.127. The van der Waals surface area contributed by atoms with Crippen molar-refractivity contribution in [2.24, 2.45) is 17.8 Å². The van der Waals surface area contributed by atoms with Crippen molar-refractivity contribution in [2.45, 2.75) is 39.0 Å². The number of ketones is 1. The van der Waals surface area contributed by atoms with E-state index in [1.807, 2.05) is 0 Å². The van der Waals surface area contributed by atoms with Crippen LogP contribution >= 0.6 is 0 Å². The quantitative estimate of drug-likeness (QED) is 0.521.